The molecular weight excluding hydrogens is 857 g/mol. The standard InChI is InChI=1S/C65H48N2O3/c1-3-40-36-55(66-54(41-14-5-4-6-15-41)30-24-39(2)64(40)44-25-29-49-47-17-8-11-21-58(47)70-63(49)37-44)50-19-13-23-62-65(50)53-35-43(27-32-61(53)69-62)42-26-31-57-51(34-42)46-16-7-10-20-56(46)67(57)45-28-33-60-52(38-45)48-18-9-12-22-59(48)68-60/h4-23,25-29,31-35,37-38,40,55H,3,24,30,36H2,1-2H3. The number of benzene rings is 9. The van der Waals surface area contributed by atoms with Crippen molar-refractivity contribution in [1.82, 2.24) is 4.57 Å². The maximum Gasteiger partial charge on any atom is 0.136 e. The monoisotopic (exact) mass is 904 g/mol. The predicted octanol–water partition coefficient (Wildman–Crippen LogP) is 18.4. The van der Waals surface area contributed by atoms with E-state index in [1.807, 2.05) is 18.2 Å². The second kappa shape index (κ2) is 16.1. The average Bonchev–Trinajstić information content (AvgIpc) is 4.18. The number of fused-ring (bicyclic) bond motifs is 12. The molecule has 4 aromatic heterocycles. The van der Waals surface area contributed by atoms with Crippen molar-refractivity contribution in [3.05, 3.63) is 216 Å². The molecule has 2 atom stereocenters. The minimum atomic E-state index is -0.120. The molecule has 0 spiro atoms. The second-order valence-electron chi connectivity index (χ2n) is 19.2. The van der Waals surface area contributed by atoms with Gasteiger partial charge in [-0.1, -0.05) is 128 Å². The normalized spacial score (nSPS) is 16.1. The molecule has 0 saturated carbocycles. The Bertz CT molecular complexity index is 4290. The Hall–Kier alpha value is -8.41. The van der Waals surface area contributed by atoms with Crippen LogP contribution in [0.15, 0.2) is 218 Å². The first-order chi connectivity index (χ1) is 34.5. The van der Waals surface area contributed by atoms with E-state index in [1.54, 1.807) is 0 Å². The Morgan fingerprint density at radius 3 is 1.90 bits per heavy atom. The smallest absolute Gasteiger partial charge is 0.136 e. The number of nitrogens with zero attached hydrogens (tertiary/aromatic N) is 2. The van der Waals surface area contributed by atoms with Crippen LogP contribution in [0.2, 0.25) is 0 Å². The zero-order valence-electron chi connectivity index (χ0n) is 39.1. The molecule has 0 aliphatic carbocycles. The fourth-order valence-electron chi connectivity index (χ4n) is 11.9. The fraction of sp³-hybridized carbons (Fsp3) is 0.123. The minimum Gasteiger partial charge on any atom is -0.456 e. The van der Waals surface area contributed by atoms with E-state index >= 15 is 0 Å². The molecule has 0 N–H and O–H groups in total. The van der Waals surface area contributed by atoms with E-state index in [4.69, 9.17) is 18.2 Å². The Morgan fingerprint density at radius 2 is 1.07 bits per heavy atom. The number of hydrogen-bond acceptors (Lipinski definition) is 4. The van der Waals surface area contributed by atoms with Crippen LogP contribution in [0.1, 0.15) is 62.3 Å². The second-order valence-corrected chi connectivity index (χ2v) is 19.2. The van der Waals surface area contributed by atoms with Crippen LogP contribution in [-0.2, 0) is 0 Å². The highest BCUT2D eigenvalue weighted by Crippen LogP contribution is 2.46. The van der Waals surface area contributed by atoms with Crippen molar-refractivity contribution in [2.75, 3.05) is 0 Å². The number of hydrogen-bond donors (Lipinski definition) is 0. The van der Waals surface area contributed by atoms with Gasteiger partial charge in [-0.05, 0) is 151 Å². The molecule has 9 aromatic carbocycles. The van der Waals surface area contributed by atoms with Gasteiger partial charge < -0.3 is 17.8 Å². The lowest BCUT2D eigenvalue weighted by molar-refractivity contribution is 0.518. The molecule has 5 nitrogen and oxygen atoms in total. The van der Waals surface area contributed by atoms with Crippen molar-refractivity contribution in [3.63, 3.8) is 0 Å². The summed E-state index contributed by atoms with van der Waals surface area (Å²) in [6.07, 6.45) is 3.61. The summed E-state index contributed by atoms with van der Waals surface area (Å²) in [6, 6.07) is 69.7. The molecule has 336 valence electrons. The van der Waals surface area contributed by atoms with Gasteiger partial charge in [-0.2, -0.15) is 0 Å². The Morgan fingerprint density at radius 1 is 0.457 bits per heavy atom. The van der Waals surface area contributed by atoms with Crippen molar-refractivity contribution < 1.29 is 13.3 Å². The van der Waals surface area contributed by atoms with Gasteiger partial charge in [-0.25, -0.2) is 0 Å². The van der Waals surface area contributed by atoms with Gasteiger partial charge in [0.1, 0.15) is 33.5 Å². The van der Waals surface area contributed by atoms with E-state index in [-0.39, 0.29) is 12.0 Å². The predicted molar refractivity (Wildman–Crippen MR) is 290 cm³/mol. The van der Waals surface area contributed by atoms with Crippen LogP contribution in [0.4, 0.5) is 0 Å². The lowest BCUT2D eigenvalue weighted by atomic mass is 9.80. The van der Waals surface area contributed by atoms with E-state index in [1.165, 1.54) is 44.1 Å². The zero-order valence-corrected chi connectivity index (χ0v) is 39.1. The number of aromatic nitrogens is 1. The van der Waals surface area contributed by atoms with Crippen LogP contribution >= 0.6 is 0 Å². The minimum absolute atomic E-state index is 0.120. The Kier molecular flexibility index (Phi) is 9.35. The molecule has 0 bridgehead atoms. The quantitative estimate of drug-likeness (QED) is 0.167. The van der Waals surface area contributed by atoms with Crippen molar-refractivity contribution >= 4 is 98.9 Å². The molecule has 5 heterocycles. The van der Waals surface area contributed by atoms with Crippen LogP contribution in [0.5, 0.6) is 0 Å². The molecule has 14 rings (SSSR count). The topological polar surface area (TPSA) is 56.7 Å². The molecule has 1 aliphatic rings. The largest absolute Gasteiger partial charge is 0.456 e. The first-order valence-corrected chi connectivity index (χ1v) is 24.7. The number of furan rings is 3. The van der Waals surface area contributed by atoms with Gasteiger partial charge in [0.2, 0.25) is 0 Å². The highest BCUT2D eigenvalue weighted by molar-refractivity contribution is 6.13. The van der Waals surface area contributed by atoms with Gasteiger partial charge in [0.05, 0.1) is 17.1 Å². The number of aliphatic imine (C=N–C) groups is 1. The van der Waals surface area contributed by atoms with Crippen LogP contribution in [0.25, 0.3) is 110 Å². The van der Waals surface area contributed by atoms with Crippen LogP contribution < -0.4 is 0 Å². The van der Waals surface area contributed by atoms with E-state index in [0.717, 1.165) is 120 Å². The number of allylic oxidation sites excluding steroid dienone is 2. The number of para-hydroxylation sites is 3. The summed E-state index contributed by atoms with van der Waals surface area (Å²) in [5, 5.41) is 9.23. The lowest BCUT2D eigenvalue weighted by Crippen LogP contribution is -2.11. The molecule has 0 amide bonds. The van der Waals surface area contributed by atoms with E-state index in [9.17, 15) is 0 Å². The molecule has 0 saturated heterocycles. The molecule has 5 heteroatoms. The van der Waals surface area contributed by atoms with Crippen molar-refractivity contribution in [2.24, 2.45) is 10.9 Å². The Balaban J connectivity index is 0.898. The van der Waals surface area contributed by atoms with Crippen LogP contribution in [0.3, 0.4) is 0 Å². The molecule has 70 heavy (non-hydrogen) atoms. The molecule has 1 aliphatic heterocycles. The summed E-state index contributed by atoms with van der Waals surface area (Å²) >= 11 is 0. The summed E-state index contributed by atoms with van der Waals surface area (Å²) in [4.78, 5) is 5.83. The first-order valence-electron chi connectivity index (χ1n) is 24.7. The van der Waals surface area contributed by atoms with Crippen molar-refractivity contribution in [1.29, 1.82) is 0 Å². The lowest BCUT2D eigenvalue weighted by Gasteiger charge is -2.25. The van der Waals surface area contributed by atoms with Crippen LogP contribution in [0, 0.1) is 5.92 Å². The third kappa shape index (κ3) is 6.49. The molecular formula is C65H48N2O3. The third-order valence-electron chi connectivity index (χ3n) is 15.2. The van der Waals surface area contributed by atoms with Gasteiger partial charge >= 0.3 is 0 Å². The third-order valence-corrected chi connectivity index (χ3v) is 15.2. The maximum atomic E-state index is 6.75. The van der Waals surface area contributed by atoms with E-state index in [2.05, 4.69) is 194 Å². The Labute approximate surface area is 404 Å². The average molecular weight is 905 g/mol. The highest BCUT2D eigenvalue weighted by Gasteiger charge is 2.28. The molecule has 0 radical (unpaired) electrons. The molecule has 2 unspecified atom stereocenters. The summed E-state index contributed by atoms with van der Waals surface area (Å²) in [5.74, 6) is 0.254. The van der Waals surface area contributed by atoms with Crippen molar-refractivity contribution in [3.8, 4) is 16.8 Å². The SMILES string of the molecule is CCC1CC(c2cccc3oc4ccc(-c5ccc6c(c5)c5ccccc5n6-c5ccc6oc7ccccc7c6c5)cc4c23)N=C(c2ccccc2)CCC(C)=C1c1ccc2c(c1)oc1ccccc12. The van der Waals surface area contributed by atoms with Crippen LogP contribution in [-0.4, -0.2) is 10.3 Å². The van der Waals surface area contributed by atoms with Gasteiger partial charge in [0.25, 0.3) is 0 Å². The zero-order chi connectivity index (χ0) is 46.5. The maximum absolute atomic E-state index is 6.75. The first kappa shape index (κ1) is 40.6. The summed E-state index contributed by atoms with van der Waals surface area (Å²) in [6.45, 7) is 4.68. The summed E-state index contributed by atoms with van der Waals surface area (Å²) in [7, 11) is 0. The number of rotatable bonds is 6. The van der Waals surface area contributed by atoms with Gasteiger partial charge in [0.15, 0.2) is 0 Å². The van der Waals surface area contributed by atoms with Crippen molar-refractivity contribution in [2.45, 2.75) is 45.6 Å². The summed E-state index contributed by atoms with van der Waals surface area (Å²) < 4.78 is 21.8. The van der Waals surface area contributed by atoms with Gasteiger partial charge in [0, 0.05) is 54.5 Å². The van der Waals surface area contributed by atoms with Gasteiger partial charge in [-0.15, -0.1) is 0 Å². The summed E-state index contributed by atoms with van der Waals surface area (Å²) in [5.41, 5.74) is 18.7. The van der Waals surface area contributed by atoms with E-state index in [0.29, 0.717) is 0 Å². The van der Waals surface area contributed by atoms with E-state index < -0.39 is 0 Å². The fourth-order valence-corrected chi connectivity index (χ4v) is 11.9. The molecule has 0 fully saturated rings. The molecule has 13 aromatic rings. The highest BCUT2D eigenvalue weighted by atomic mass is 16.3. The van der Waals surface area contributed by atoms with Gasteiger partial charge in [-0.3, -0.25) is 4.99 Å².